The summed E-state index contributed by atoms with van der Waals surface area (Å²) < 4.78 is 23.3. The van der Waals surface area contributed by atoms with Crippen LogP contribution in [0.2, 0.25) is 0 Å². The highest BCUT2D eigenvalue weighted by atomic mass is 32.1. The predicted molar refractivity (Wildman–Crippen MR) is 125 cm³/mol. The lowest BCUT2D eigenvalue weighted by Crippen LogP contribution is -2.30. The summed E-state index contributed by atoms with van der Waals surface area (Å²) in [6, 6.07) is 11.8. The summed E-state index contributed by atoms with van der Waals surface area (Å²) in [4.78, 5) is 42.2. The van der Waals surface area contributed by atoms with Gasteiger partial charge in [0, 0.05) is 11.6 Å². The number of aromatic nitrogens is 2. The number of thiazole rings is 1. The van der Waals surface area contributed by atoms with Crippen molar-refractivity contribution in [3.8, 4) is 17.2 Å². The first-order valence-corrected chi connectivity index (χ1v) is 10.9. The van der Waals surface area contributed by atoms with Crippen molar-refractivity contribution in [2.24, 2.45) is 0 Å². The van der Waals surface area contributed by atoms with Gasteiger partial charge >= 0.3 is 5.97 Å². The molecule has 10 nitrogen and oxygen atoms in total. The first-order chi connectivity index (χ1) is 16.4. The fraction of sp³-hybridized carbons (Fsp3) is 0.217. The van der Waals surface area contributed by atoms with E-state index in [1.54, 1.807) is 0 Å². The second-order valence-electron chi connectivity index (χ2n) is 7.03. The minimum Gasteiger partial charge on any atom is -0.493 e. The van der Waals surface area contributed by atoms with Gasteiger partial charge in [-0.25, -0.2) is 4.98 Å². The molecule has 2 aromatic carbocycles. The van der Waals surface area contributed by atoms with Crippen molar-refractivity contribution in [1.82, 2.24) is 14.7 Å². The lowest BCUT2D eigenvalue weighted by Gasteiger charge is -2.14. The summed E-state index contributed by atoms with van der Waals surface area (Å²) in [6.45, 7) is -0.571. The predicted octanol–water partition coefficient (Wildman–Crippen LogP) is 2.41. The van der Waals surface area contributed by atoms with E-state index in [-0.39, 0.29) is 24.3 Å². The number of nitrogens with one attached hydrogen (secondary N) is 1. The van der Waals surface area contributed by atoms with Crippen molar-refractivity contribution in [2.45, 2.75) is 6.61 Å². The molecular formula is C23H21N3O7S. The van der Waals surface area contributed by atoms with Crippen molar-refractivity contribution in [3.05, 3.63) is 64.1 Å². The van der Waals surface area contributed by atoms with E-state index in [1.807, 2.05) is 24.3 Å². The fourth-order valence-corrected chi connectivity index (χ4v) is 4.42. The van der Waals surface area contributed by atoms with E-state index in [1.165, 1.54) is 55.3 Å². The Balaban J connectivity index is 1.40. The Labute approximate surface area is 197 Å². The van der Waals surface area contributed by atoms with Gasteiger partial charge in [0.2, 0.25) is 5.75 Å². The van der Waals surface area contributed by atoms with Gasteiger partial charge in [-0.2, -0.15) is 0 Å². The van der Waals surface area contributed by atoms with Crippen molar-refractivity contribution in [3.63, 3.8) is 0 Å². The lowest BCUT2D eigenvalue weighted by molar-refractivity contribution is -0.143. The smallest absolute Gasteiger partial charge is 0.325 e. The van der Waals surface area contributed by atoms with Crippen LogP contribution in [0, 0.1) is 0 Å². The van der Waals surface area contributed by atoms with Crippen molar-refractivity contribution < 1.29 is 28.5 Å². The van der Waals surface area contributed by atoms with Crippen LogP contribution in [-0.2, 0) is 16.1 Å². The molecule has 2 heterocycles. The molecule has 0 aliphatic heterocycles. The Morgan fingerprint density at radius 3 is 2.41 bits per heavy atom. The Hall–Kier alpha value is -4.12. The number of ether oxygens (including phenoxy) is 4. The van der Waals surface area contributed by atoms with Crippen LogP contribution in [0.5, 0.6) is 17.2 Å². The van der Waals surface area contributed by atoms with Gasteiger partial charge in [0.1, 0.15) is 13.2 Å². The molecule has 176 valence electrons. The highest BCUT2D eigenvalue weighted by molar-refractivity contribution is 7.23. The van der Waals surface area contributed by atoms with Crippen LogP contribution >= 0.6 is 11.3 Å². The second-order valence-corrected chi connectivity index (χ2v) is 8.04. The van der Waals surface area contributed by atoms with Gasteiger partial charge in [-0.3, -0.25) is 18.8 Å². The lowest BCUT2D eigenvalue weighted by atomic mass is 10.1. The molecular weight excluding hydrogens is 462 g/mol. The second kappa shape index (κ2) is 9.79. The minimum atomic E-state index is -0.681. The molecule has 0 radical (unpaired) electrons. The zero-order valence-electron chi connectivity index (χ0n) is 18.6. The molecule has 0 fully saturated rings. The van der Waals surface area contributed by atoms with E-state index < -0.39 is 11.9 Å². The molecule has 0 atom stereocenters. The van der Waals surface area contributed by atoms with Crippen molar-refractivity contribution >= 4 is 38.4 Å². The third-order valence-corrected chi connectivity index (χ3v) is 5.97. The largest absolute Gasteiger partial charge is 0.493 e. The monoisotopic (exact) mass is 483 g/mol. The quantitative estimate of drug-likeness (QED) is 0.380. The number of benzene rings is 2. The molecule has 1 amide bonds. The van der Waals surface area contributed by atoms with Crippen LogP contribution in [-0.4, -0.2) is 49.1 Å². The molecule has 4 aromatic rings. The van der Waals surface area contributed by atoms with Crippen LogP contribution in [0.15, 0.2) is 47.3 Å². The standard InChI is InChI=1S/C23H21N3O7S/c1-30-16-8-13(9-17(31-2)21(16)32-3)22(29)24-11-20(28)33-12-14-10-19(27)26-15-6-4-5-7-18(15)34-23(26)25-14/h4-10H,11-12H2,1-3H3,(H,24,29). The number of methoxy groups -OCH3 is 3. The summed E-state index contributed by atoms with van der Waals surface area (Å²) in [5, 5.41) is 2.48. The van der Waals surface area contributed by atoms with Crippen LogP contribution in [0.1, 0.15) is 16.1 Å². The summed E-state index contributed by atoms with van der Waals surface area (Å²) in [5.74, 6) is -0.245. The number of carbonyl (C=O) groups is 2. The molecule has 0 spiro atoms. The fourth-order valence-electron chi connectivity index (χ4n) is 3.37. The van der Waals surface area contributed by atoms with Gasteiger partial charge < -0.3 is 24.3 Å². The molecule has 11 heteroatoms. The topological polar surface area (TPSA) is 117 Å². The van der Waals surface area contributed by atoms with Crippen LogP contribution in [0.3, 0.4) is 0 Å². The van der Waals surface area contributed by atoms with Gasteiger partial charge in [0.15, 0.2) is 16.5 Å². The number of fused-ring (bicyclic) bond motifs is 3. The third-order valence-electron chi connectivity index (χ3n) is 4.95. The maximum absolute atomic E-state index is 12.5. The van der Waals surface area contributed by atoms with Crippen molar-refractivity contribution in [2.75, 3.05) is 27.9 Å². The van der Waals surface area contributed by atoms with Gasteiger partial charge in [-0.1, -0.05) is 23.5 Å². The van der Waals surface area contributed by atoms with E-state index in [0.717, 1.165) is 10.2 Å². The Morgan fingerprint density at radius 2 is 1.74 bits per heavy atom. The Bertz CT molecular complexity index is 1420. The molecule has 2 aromatic heterocycles. The first-order valence-electron chi connectivity index (χ1n) is 10.1. The summed E-state index contributed by atoms with van der Waals surface area (Å²) >= 11 is 1.37. The third kappa shape index (κ3) is 4.50. The zero-order valence-corrected chi connectivity index (χ0v) is 19.4. The molecule has 0 saturated carbocycles. The molecule has 0 aliphatic rings. The number of esters is 1. The Kier molecular flexibility index (Phi) is 6.64. The number of para-hydroxylation sites is 1. The Morgan fingerprint density at radius 1 is 1.03 bits per heavy atom. The average molecular weight is 484 g/mol. The molecule has 0 aliphatic carbocycles. The van der Waals surface area contributed by atoms with Gasteiger partial charge in [0.05, 0.1) is 37.2 Å². The summed E-state index contributed by atoms with van der Waals surface area (Å²) in [5.41, 5.74) is 1.05. The van der Waals surface area contributed by atoms with Gasteiger partial charge in [-0.05, 0) is 24.3 Å². The molecule has 34 heavy (non-hydrogen) atoms. The number of rotatable bonds is 8. The normalized spacial score (nSPS) is 10.8. The highest BCUT2D eigenvalue weighted by Crippen LogP contribution is 2.38. The molecule has 4 rings (SSSR count). The minimum absolute atomic E-state index is 0.196. The van der Waals surface area contributed by atoms with Gasteiger partial charge in [-0.15, -0.1) is 0 Å². The molecule has 0 unspecified atom stereocenters. The number of hydrogen-bond donors (Lipinski definition) is 1. The van der Waals surface area contributed by atoms with Crippen LogP contribution < -0.4 is 25.1 Å². The average Bonchev–Trinajstić information content (AvgIpc) is 3.23. The number of hydrogen-bond acceptors (Lipinski definition) is 9. The number of amides is 1. The maximum Gasteiger partial charge on any atom is 0.325 e. The zero-order chi connectivity index (χ0) is 24.2. The first kappa shape index (κ1) is 23.1. The van der Waals surface area contributed by atoms with Crippen LogP contribution in [0.25, 0.3) is 15.2 Å². The maximum atomic E-state index is 12.5. The summed E-state index contributed by atoms with van der Waals surface area (Å²) in [7, 11) is 4.33. The summed E-state index contributed by atoms with van der Waals surface area (Å²) in [6.07, 6.45) is 0. The molecule has 0 saturated heterocycles. The van der Waals surface area contributed by atoms with Crippen LogP contribution in [0.4, 0.5) is 0 Å². The highest BCUT2D eigenvalue weighted by Gasteiger charge is 2.18. The van der Waals surface area contributed by atoms with Gasteiger partial charge in [0.25, 0.3) is 11.5 Å². The van der Waals surface area contributed by atoms with E-state index in [4.69, 9.17) is 18.9 Å². The molecule has 1 N–H and O–H groups in total. The van der Waals surface area contributed by atoms with E-state index >= 15 is 0 Å². The number of nitrogens with zero attached hydrogens (tertiary/aromatic N) is 2. The van der Waals surface area contributed by atoms with E-state index in [2.05, 4.69) is 10.3 Å². The SMILES string of the molecule is COc1cc(C(=O)NCC(=O)OCc2cc(=O)n3c(n2)sc2ccccc23)cc(OC)c1OC. The molecule has 0 bridgehead atoms. The van der Waals surface area contributed by atoms with E-state index in [9.17, 15) is 14.4 Å². The van der Waals surface area contributed by atoms with E-state index in [0.29, 0.717) is 27.9 Å². The van der Waals surface area contributed by atoms with Crippen molar-refractivity contribution in [1.29, 1.82) is 0 Å². The number of carbonyl (C=O) groups excluding carboxylic acids is 2.